The first-order valence-corrected chi connectivity index (χ1v) is 9.21. The van der Waals surface area contributed by atoms with E-state index in [1.165, 1.54) is 17.3 Å². The van der Waals surface area contributed by atoms with Gasteiger partial charge in [-0.15, -0.1) is 10.2 Å². The van der Waals surface area contributed by atoms with E-state index in [0.717, 1.165) is 15.8 Å². The van der Waals surface area contributed by atoms with E-state index in [1.54, 1.807) is 6.21 Å². The van der Waals surface area contributed by atoms with Gasteiger partial charge in [-0.3, -0.25) is 0 Å². The number of hydrogen-bond donors (Lipinski definition) is 0. The molecule has 0 saturated heterocycles. The molecule has 0 aliphatic heterocycles. The Morgan fingerprint density at radius 1 is 0.963 bits per heavy atom. The van der Waals surface area contributed by atoms with E-state index < -0.39 is 0 Å². The van der Waals surface area contributed by atoms with E-state index in [-0.39, 0.29) is 0 Å². The lowest BCUT2D eigenvalue weighted by Gasteiger charge is -2.13. The second-order valence-corrected chi connectivity index (χ2v) is 6.29. The highest BCUT2D eigenvalue weighted by molar-refractivity contribution is 9.10. The Morgan fingerprint density at radius 2 is 1.70 bits per heavy atom. The number of rotatable bonds is 9. The molecule has 8 heteroatoms. The van der Waals surface area contributed by atoms with Gasteiger partial charge in [-0.1, -0.05) is 15.9 Å². The van der Waals surface area contributed by atoms with Crippen LogP contribution >= 0.6 is 15.9 Å². The number of aromatic nitrogens is 3. The number of halogens is 1. The molecule has 0 amide bonds. The van der Waals surface area contributed by atoms with Crippen LogP contribution in [0.25, 0.3) is 0 Å². The fourth-order valence-corrected chi connectivity index (χ4v) is 2.49. The lowest BCUT2D eigenvalue weighted by molar-refractivity contribution is 0.208. The molecule has 7 nitrogen and oxygen atoms in total. The lowest BCUT2D eigenvalue weighted by Crippen LogP contribution is -2.10. The minimum Gasteiger partial charge on any atom is -0.490 e. The topological polar surface area (TPSA) is 70.8 Å². The molecule has 0 aliphatic rings. The predicted octanol–water partition coefficient (Wildman–Crippen LogP) is 3.78. The smallest absolute Gasteiger partial charge is 0.161 e. The van der Waals surface area contributed by atoms with E-state index in [4.69, 9.17) is 14.2 Å². The van der Waals surface area contributed by atoms with E-state index in [9.17, 15) is 0 Å². The third-order valence-corrected chi connectivity index (χ3v) is 3.97. The second-order valence-electron chi connectivity index (χ2n) is 5.38. The molecule has 0 spiro atoms. The van der Waals surface area contributed by atoms with Gasteiger partial charge in [0, 0.05) is 4.47 Å². The van der Waals surface area contributed by atoms with Crippen LogP contribution in [0.3, 0.4) is 0 Å². The molecule has 0 fully saturated rings. The van der Waals surface area contributed by atoms with Crippen LogP contribution in [0.4, 0.5) is 0 Å². The molecule has 0 radical (unpaired) electrons. The molecule has 0 unspecified atom stereocenters. The summed E-state index contributed by atoms with van der Waals surface area (Å²) in [5.41, 5.74) is 0.880. The zero-order valence-electron chi connectivity index (χ0n) is 14.8. The second kappa shape index (κ2) is 9.72. The molecular weight excluding hydrogens is 412 g/mol. The molecule has 0 aliphatic carbocycles. The summed E-state index contributed by atoms with van der Waals surface area (Å²) in [4.78, 5) is 0. The fraction of sp³-hybridized carbons (Fsp3) is 0.211. The van der Waals surface area contributed by atoms with Crippen LogP contribution in [0.1, 0.15) is 12.5 Å². The van der Waals surface area contributed by atoms with Gasteiger partial charge in [-0.25, -0.2) is 4.68 Å². The normalized spacial score (nSPS) is 10.9. The average Bonchev–Trinajstić information content (AvgIpc) is 3.20. The number of ether oxygens (including phenoxy) is 3. The Balaban J connectivity index is 1.57. The Morgan fingerprint density at radius 3 is 2.44 bits per heavy atom. The van der Waals surface area contributed by atoms with Crippen molar-refractivity contribution in [2.75, 3.05) is 19.8 Å². The molecule has 3 aromatic rings. The summed E-state index contributed by atoms with van der Waals surface area (Å²) in [6, 6.07) is 13.3. The highest BCUT2D eigenvalue weighted by Gasteiger charge is 2.06. The summed E-state index contributed by atoms with van der Waals surface area (Å²) in [5.74, 6) is 2.12. The molecule has 3 rings (SSSR count). The van der Waals surface area contributed by atoms with Crippen LogP contribution in [0.5, 0.6) is 17.2 Å². The van der Waals surface area contributed by atoms with Gasteiger partial charge in [0.2, 0.25) is 0 Å². The van der Waals surface area contributed by atoms with Gasteiger partial charge < -0.3 is 14.2 Å². The van der Waals surface area contributed by atoms with Gasteiger partial charge in [0.05, 0.1) is 12.8 Å². The van der Waals surface area contributed by atoms with Crippen molar-refractivity contribution in [1.29, 1.82) is 0 Å². The Hall–Kier alpha value is -2.87. The molecule has 1 heterocycles. The standard InChI is InChI=1S/C19H19BrN4O3/c1-2-25-19-11-15(12-23-24-13-21-22-14-24)3-8-18(19)27-10-9-26-17-6-4-16(20)5-7-17/h3-8,11-14H,2,9-10H2,1H3. The van der Waals surface area contributed by atoms with Crippen LogP contribution < -0.4 is 14.2 Å². The first-order chi connectivity index (χ1) is 13.2. The largest absolute Gasteiger partial charge is 0.490 e. The summed E-state index contributed by atoms with van der Waals surface area (Å²) in [5, 5.41) is 11.6. The molecule has 2 aromatic carbocycles. The first kappa shape index (κ1) is 18.9. The molecule has 140 valence electrons. The maximum Gasteiger partial charge on any atom is 0.161 e. The van der Waals surface area contributed by atoms with Crippen LogP contribution in [0, 0.1) is 0 Å². The van der Waals surface area contributed by atoms with Crippen LogP contribution in [0.15, 0.2) is 64.7 Å². The summed E-state index contributed by atoms with van der Waals surface area (Å²) >= 11 is 3.40. The minimum atomic E-state index is 0.407. The molecular formula is C19H19BrN4O3. The third kappa shape index (κ3) is 5.82. The van der Waals surface area contributed by atoms with Crippen molar-refractivity contribution in [3.05, 3.63) is 65.2 Å². The van der Waals surface area contributed by atoms with Crippen molar-refractivity contribution in [2.24, 2.45) is 5.10 Å². The van der Waals surface area contributed by atoms with Crippen LogP contribution in [-0.4, -0.2) is 40.9 Å². The molecule has 27 heavy (non-hydrogen) atoms. The molecule has 0 atom stereocenters. The van der Waals surface area contributed by atoms with Gasteiger partial charge in [-0.05, 0) is 55.0 Å². The van der Waals surface area contributed by atoms with Crippen molar-refractivity contribution >= 4 is 22.1 Å². The number of hydrogen-bond acceptors (Lipinski definition) is 6. The average molecular weight is 431 g/mol. The fourth-order valence-electron chi connectivity index (χ4n) is 2.22. The molecule has 1 aromatic heterocycles. The quantitative estimate of drug-likeness (QED) is 0.381. The Labute approximate surface area is 165 Å². The highest BCUT2D eigenvalue weighted by Crippen LogP contribution is 2.28. The summed E-state index contributed by atoms with van der Waals surface area (Å²) < 4.78 is 19.7. The van der Waals surface area contributed by atoms with Gasteiger partial charge in [0.1, 0.15) is 31.6 Å². The van der Waals surface area contributed by atoms with Crippen molar-refractivity contribution < 1.29 is 14.2 Å². The monoisotopic (exact) mass is 430 g/mol. The van der Waals surface area contributed by atoms with Crippen molar-refractivity contribution in [3.63, 3.8) is 0 Å². The molecule has 0 N–H and O–H groups in total. The number of benzene rings is 2. The zero-order valence-corrected chi connectivity index (χ0v) is 16.4. The van der Waals surface area contributed by atoms with Crippen molar-refractivity contribution in [1.82, 2.24) is 14.9 Å². The SMILES string of the molecule is CCOc1cc(C=Nn2cnnc2)ccc1OCCOc1ccc(Br)cc1. The van der Waals surface area contributed by atoms with E-state index in [2.05, 4.69) is 31.2 Å². The summed E-state index contributed by atoms with van der Waals surface area (Å²) in [6.45, 7) is 3.31. The molecule has 0 bridgehead atoms. The van der Waals surface area contributed by atoms with Crippen molar-refractivity contribution in [2.45, 2.75) is 6.92 Å². The Kier molecular flexibility index (Phi) is 6.81. The van der Waals surface area contributed by atoms with Crippen molar-refractivity contribution in [3.8, 4) is 17.2 Å². The van der Waals surface area contributed by atoms with Gasteiger partial charge in [-0.2, -0.15) is 5.10 Å². The third-order valence-electron chi connectivity index (χ3n) is 3.44. The van der Waals surface area contributed by atoms with Crippen LogP contribution in [-0.2, 0) is 0 Å². The first-order valence-electron chi connectivity index (χ1n) is 8.41. The minimum absolute atomic E-state index is 0.407. The lowest BCUT2D eigenvalue weighted by atomic mass is 10.2. The van der Waals surface area contributed by atoms with E-state index in [0.29, 0.717) is 31.3 Å². The number of nitrogens with zero attached hydrogens (tertiary/aromatic N) is 4. The Bertz CT molecular complexity index is 867. The summed E-state index contributed by atoms with van der Waals surface area (Å²) in [7, 11) is 0. The van der Waals surface area contributed by atoms with E-state index in [1.807, 2.05) is 49.4 Å². The van der Waals surface area contributed by atoms with Crippen LogP contribution in [0.2, 0.25) is 0 Å². The highest BCUT2D eigenvalue weighted by atomic mass is 79.9. The van der Waals surface area contributed by atoms with E-state index >= 15 is 0 Å². The summed E-state index contributed by atoms with van der Waals surface area (Å²) in [6.07, 6.45) is 4.73. The predicted molar refractivity (Wildman–Crippen MR) is 106 cm³/mol. The van der Waals surface area contributed by atoms with Gasteiger partial charge in [0.25, 0.3) is 0 Å². The van der Waals surface area contributed by atoms with Gasteiger partial charge >= 0.3 is 0 Å². The van der Waals surface area contributed by atoms with Gasteiger partial charge in [0.15, 0.2) is 11.5 Å². The maximum absolute atomic E-state index is 5.81. The molecule has 0 saturated carbocycles. The maximum atomic E-state index is 5.81. The zero-order chi connectivity index (χ0) is 18.9.